The first-order chi connectivity index (χ1) is 16.3. The highest BCUT2D eigenvalue weighted by Gasteiger charge is 2.09. The maximum Gasteiger partial charge on any atom is 0.343 e. The summed E-state index contributed by atoms with van der Waals surface area (Å²) in [5.74, 6) is -1.07. The number of carbonyl (C=O) groups is 4. The molecule has 0 aliphatic heterocycles. The van der Waals surface area contributed by atoms with Gasteiger partial charge in [0.05, 0.1) is 11.8 Å². The molecule has 0 aliphatic carbocycles. The average molecular weight is 458 g/mol. The number of anilines is 2. The molecular formula is C25H22N4O5. The topological polar surface area (TPSA) is 126 Å². The van der Waals surface area contributed by atoms with E-state index in [9.17, 15) is 19.2 Å². The molecule has 3 amide bonds. The fourth-order valence-electron chi connectivity index (χ4n) is 2.86. The Bertz CT molecular complexity index is 1230. The van der Waals surface area contributed by atoms with Crippen LogP contribution in [0.3, 0.4) is 0 Å². The first kappa shape index (κ1) is 23.9. The molecular weight excluding hydrogens is 436 g/mol. The monoisotopic (exact) mass is 458 g/mol. The molecule has 3 aromatic carbocycles. The highest BCUT2D eigenvalue weighted by Crippen LogP contribution is 2.16. The molecule has 172 valence electrons. The van der Waals surface area contributed by atoms with E-state index in [-0.39, 0.29) is 11.8 Å². The predicted octanol–water partition coefficient (Wildman–Crippen LogP) is 3.59. The third-order valence-corrected chi connectivity index (χ3v) is 4.36. The summed E-state index contributed by atoms with van der Waals surface area (Å²) in [5, 5.41) is 9.18. The summed E-state index contributed by atoms with van der Waals surface area (Å²) in [7, 11) is 0. The normalized spacial score (nSPS) is 10.4. The van der Waals surface area contributed by atoms with Crippen LogP contribution >= 0.6 is 0 Å². The summed E-state index contributed by atoms with van der Waals surface area (Å²) in [6.07, 6.45) is 1.42. The fraction of sp³-hybridized carbons (Fsp3) is 0.0800. The van der Waals surface area contributed by atoms with Crippen molar-refractivity contribution >= 4 is 41.3 Å². The van der Waals surface area contributed by atoms with Gasteiger partial charge in [-0.25, -0.2) is 10.2 Å². The van der Waals surface area contributed by atoms with Crippen LogP contribution in [-0.2, 0) is 9.59 Å². The maximum absolute atomic E-state index is 12.4. The van der Waals surface area contributed by atoms with Crippen molar-refractivity contribution < 1.29 is 23.9 Å². The highest BCUT2D eigenvalue weighted by molar-refractivity contribution is 5.96. The van der Waals surface area contributed by atoms with Gasteiger partial charge in [0.2, 0.25) is 11.8 Å². The van der Waals surface area contributed by atoms with E-state index in [1.165, 1.54) is 20.1 Å². The molecule has 0 atom stereocenters. The van der Waals surface area contributed by atoms with Crippen molar-refractivity contribution in [3.8, 4) is 5.75 Å². The number of ether oxygens (including phenoxy) is 1. The van der Waals surface area contributed by atoms with Crippen LogP contribution in [0.2, 0.25) is 0 Å². The molecule has 3 N–H and O–H groups in total. The molecule has 0 bridgehead atoms. The zero-order valence-corrected chi connectivity index (χ0v) is 18.5. The zero-order chi connectivity index (χ0) is 24.5. The first-order valence-electron chi connectivity index (χ1n) is 10.2. The fourth-order valence-corrected chi connectivity index (χ4v) is 2.86. The molecule has 9 nitrogen and oxygen atoms in total. The quantitative estimate of drug-likeness (QED) is 0.216. The van der Waals surface area contributed by atoms with Crippen LogP contribution in [0.15, 0.2) is 77.9 Å². The van der Waals surface area contributed by atoms with Gasteiger partial charge in [0.25, 0.3) is 5.91 Å². The lowest BCUT2D eigenvalue weighted by Gasteiger charge is -2.06. The number of nitrogens with zero attached hydrogens (tertiary/aromatic N) is 1. The highest BCUT2D eigenvalue weighted by atomic mass is 16.5. The van der Waals surface area contributed by atoms with Crippen LogP contribution in [0.5, 0.6) is 5.75 Å². The van der Waals surface area contributed by atoms with Gasteiger partial charge in [-0.15, -0.1) is 0 Å². The summed E-state index contributed by atoms with van der Waals surface area (Å²) >= 11 is 0. The Kier molecular flexibility index (Phi) is 7.85. The lowest BCUT2D eigenvalue weighted by Crippen LogP contribution is -2.17. The number of hydrogen-bond donors (Lipinski definition) is 3. The number of rotatable bonds is 7. The van der Waals surface area contributed by atoms with Crippen LogP contribution in [0, 0.1) is 0 Å². The number of nitrogens with one attached hydrogen (secondary N) is 3. The van der Waals surface area contributed by atoms with E-state index < -0.39 is 11.9 Å². The molecule has 0 radical (unpaired) electrons. The second kappa shape index (κ2) is 11.2. The van der Waals surface area contributed by atoms with Crippen LogP contribution < -0.4 is 20.8 Å². The van der Waals surface area contributed by atoms with Crippen molar-refractivity contribution in [2.24, 2.45) is 5.10 Å². The van der Waals surface area contributed by atoms with Gasteiger partial charge >= 0.3 is 5.97 Å². The van der Waals surface area contributed by atoms with Crippen LogP contribution in [0.25, 0.3) is 0 Å². The van der Waals surface area contributed by atoms with E-state index in [2.05, 4.69) is 21.2 Å². The number of amides is 3. The molecule has 3 rings (SSSR count). The van der Waals surface area contributed by atoms with Crippen molar-refractivity contribution in [2.45, 2.75) is 13.8 Å². The minimum absolute atomic E-state index is 0.199. The third-order valence-electron chi connectivity index (χ3n) is 4.36. The number of benzene rings is 3. The van der Waals surface area contributed by atoms with Crippen molar-refractivity contribution in [1.82, 2.24) is 5.43 Å². The minimum atomic E-state index is -0.556. The molecule has 0 fully saturated rings. The van der Waals surface area contributed by atoms with Crippen LogP contribution in [-0.4, -0.2) is 29.9 Å². The first-order valence-corrected chi connectivity index (χ1v) is 10.2. The maximum atomic E-state index is 12.4. The molecule has 0 aliphatic rings. The second-order valence-electron chi connectivity index (χ2n) is 7.18. The molecule has 0 aromatic heterocycles. The number of hydrogen-bond acceptors (Lipinski definition) is 6. The Hall–Kier alpha value is -4.79. The minimum Gasteiger partial charge on any atom is -0.423 e. The lowest BCUT2D eigenvalue weighted by atomic mass is 10.2. The van der Waals surface area contributed by atoms with Gasteiger partial charge in [-0.3, -0.25) is 14.4 Å². The molecule has 0 saturated heterocycles. The van der Waals surface area contributed by atoms with Gasteiger partial charge in [-0.05, 0) is 66.2 Å². The summed E-state index contributed by atoms with van der Waals surface area (Å²) in [6.45, 7) is 2.80. The number of esters is 1. The summed E-state index contributed by atoms with van der Waals surface area (Å²) in [5.41, 5.74) is 4.88. The molecule has 0 saturated carbocycles. The summed E-state index contributed by atoms with van der Waals surface area (Å²) in [4.78, 5) is 46.7. The number of carbonyl (C=O) groups excluding carboxylic acids is 4. The summed E-state index contributed by atoms with van der Waals surface area (Å²) < 4.78 is 5.39. The van der Waals surface area contributed by atoms with Crippen molar-refractivity contribution in [3.63, 3.8) is 0 Å². The predicted molar refractivity (Wildman–Crippen MR) is 128 cm³/mol. The molecule has 3 aromatic rings. The second-order valence-corrected chi connectivity index (χ2v) is 7.18. The van der Waals surface area contributed by atoms with E-state index in [1.807, 2.05) is 0 Å². The van der Waals surface area contributed by atoms with E-state index in [4.69, 9.17) is 4.74 Å². The molecule has 0 unspecified atom stereocenters. The van der Waals surface area contributed by atoms with Crippen LogP contribution in [0.4, 0.5) is 11.4 Å². The standard InChI is InChI=1S/C25H22N4O5/c1-16(30)27-21-10-6-19(7-11-21)24(32)29-26-15-18-4-3-5-23(14-18)34-25(33)20-8-12-22(13-9-20)28-17(2)31/h3-15H,1-2H3,(H,27,30)(H,28,31)(H,29,32)/b26-15+. The van der Waals surface area contributed by atoms with Gasteiger partial charge in [0, 0.05) is 30.8 Å². The van der Waals surface area contributed by atoms with E-state index in [1.54, 1.807) is 72.8 Å². The summed E-state index contributed by atoms with van der Waals surface area (Å²) in [6, 6.07) is 19.3. The van der Waals surface area contributed by atoms with Gasteiger partial charge in [0.15, 0.2) is 0 Å². The average Bonchev–Trinajstić information content (AvgIpc) is 2.79. The third kappa shape index (κ3) is 7.13. The van der Waals surface area contributed by atoms with E-state index >= 15 is 0 Å². The zero-order valence-electron chi connectivity index (χ0n) is 18.5. The van der Waals surface area contributed by atoms with Gasteiger partial charge in [-0.1, -0.05) is 12.1 Å². The molecule has 0 spiro atoms. The smallest absolute Gasteiger partial charge is 0.343 e. The molecule has 9 heteroatoms. The van der Waals surface area contributed by atoms with Gasteiger partial charge < -0.3 is 15.4 Å². The van der Waals surface area contributed by atoms with E-state index in [0.717, 1.165) is 0 Å². The van der Waals surface area contributed by atoms with Gasteiger partial charge in [0.1, 0.15) is 5.75 Å². The van der Waals surface area contributed by atoms with E-state index in [0.29, 0.717) is 33.8 Å². The van der Waals surface area contributed by atoms with Crippen molar-refractivity contribution in [3.05, 3.63) is 89.5 Å². The lowest BCUT2D eigenvalue weighted by molar-refractivity contribution is -0.115. The Labute approximate surface area is 195 Å². The SMILES string of the molecule is CC(=O)Nc1ccc(C(=O)N/N=C/c2cccc(OC(=O)c3ccc(NC(C)=O)cc3)c2)cc1. The Morgan fingerprint density at radius 3 is 1.88 bits per heavy atom. The number of hydrazone groups is 1. The Morgan fingerprint density at radius 2 is 1.32 bits per heavy atom. The van der Waals surface area contributed by atoms with Crippen molar-refractivity contribution in [1.29, 1.82) is 0 Å². The van der Waals surface area contributed by atoms with Crippen molar-refractivity contribution in [2.75, 3.05) is 10.6 Å². The Balaban J connectivity index is 1.57. The molecule has 0 heterocycles. The van der Waals surface area contributed by atoms with Crippen LogP contribution in [0.1, 0.15) is 40.1 Å². The largest absolute Gasteiger partial charge is 0.423 e. The molecule has 34 heavy (non-hydrogen) atoms. The Morgan fingerprint density at radius 1 is 0.765 bits per heavy atom. The van der Waals surface area contributed by atoms with Gasteiger partial charge in [-0.2, -0.15) is 5.10 Å².